The molecule has 3 heterocycles. The number of fused-ring (bicyclic) bond motifs is 6. The van der Waals surface area contributed by atoms with Crippen molar-refractivity contribution in [2.75, 3.05) is 0 Å². The van der Waals surface area contributed by atoms with E-state index >= 15 is 8.78 Å². The van der Waals surface area contributed by atoms with Gasteiger partial charge in [0.15, 0.2) is 38.2 Å². The fraction of sp³-hybridized carbons (Fsp3) is 0.0238. The Labute approximate surface area is 277 Å². The van der Waals surface area contributed by atoms with Crippen LogP contribution in [-0.2, 0) is 6.54 Å². The SMILES string of the molecule is Fc1cc2c(c(F)c1Oc1ccc3c(c1)[Si](c1ccccc1)(c1ccccc1)c1cc(Oc4ccccc4)ccc1-3)-c1cccc[n+]1C2. The van der Waals surface area contributed by atoms with Crippen LogP contribution in [0, 0.1) is 11.6 Å². The number of pyridine rings is 1. The maximum Gasteiger partial charge on any atom is 0.216 e. The third-order valence-corrected chi connectivity index (χ3v) is 14.3. The highest BCUT2D eigenvalue weighted by Gasteiger charge is 2.49. The number of ether oxygens (including phenoxy) is 2. The summed E-state index contributed by atoms with van der Waals surface area (Å²) in [6, 6.07) is 50.0. The van der Waals surface area contributed by atoms with Gasteiger partial charge in [-0.2, -0.15) is 4.57 Å². The van der Waals surface area contributed by atoms with E-state index in [0.29, 0.717) is 29.1 Å². The number of nitrogens with zero attached hydrogens (tertiary/aromatic N) is 1. The van der Waals surface area contributed by atoms with Gasteiger partial charge in [-0.05, 0) is 80.4 Å². The van der Waals surface area contributed by atoms with Crippen molar-refractivity contribution in [1.82, 2.24) is 0 Å². The normalized spacial score (nSPS) is 13.3. The van der Waals surface area contributed by atoms with Gasteiger partial charge in [-0.15, -0.1) is 0 Å². The first-order valence-electron chi connectivity index (χ1n) is 15.9. The molecule has 0 spiro atoms. The van der Waals surface area contributed by atoms with Crippen molar-refractivity contribution in [1.29, 1.82) is 0 Å². The average molecular weight is 645 g/mol. The predicted octanol–water partition coefficient (Wildman–Crippen LogP) is 7.22. The summed E-state index contributed by atoms with van der Waals surface area (Å²) in [5.74, 6) is 0.0713. The Morgan fingerprint density at radius 1 is 0.542 bits per heavy atom. The van der Waals surface area contributed by atoms with Gasteiger partial charge in [0.2, 0.25) is 5.69 Å². The van der Waals surface area contributed by atoms with Crippen LogP contribution >= 0.6 is 0 Å². The van der Waals surface area contributed by atoms with E-state index in [2.05, 4.69) is 60.7 Å². The van der Waals surface area contributed by atoms with Gasteiger partial charge in [-0.25, -0.2) is 8.78 Å². The van der Waals surface area contributed by atoms with Crippen LogP contribution < -0.4 is 34.8 Å². The first-order chi connectivity index (χ1) is 23.6. The van der Waals surface area contributed by atoms with Gasteiger partial charge in [0, 0.05) is 17.7 Å². The standard InChI is InChI=1S/C42H28F2NO2Si/c43-36-24-28-27-45-23-11-10-18-37(45)40(28)41(44)42(36)47-31-20-22-35-34-21-19-30(46-29-12-4-1-5-13-29)25-38(34)48(39(35)26-31,32-14-6-2-7-15-32)33-16-8-3-9-17-33/h1-26H,27H2/q+1. The van der Waals surface area contributed by atoms with Crippen LogP contribution in [0.25, 0.3) is 22.4 Å². The summed E-state index contributed by atoms with van der Waals surface area (Å²) in [5.41, 5.74) is 3.86. The highest BCUT2D eigenvalue weighted by molar-refractivity contribution is 7.22. The lowest BCUT2D eigenvalue weighted by Gasteiger charge is -2.31. The molecule has 0 fully saturated rings. The van der Waals surface area contributed by atoms with E-state index in [4.69, 9.17) is 9.47 Å². The van der Waals surface area contributed by atoms with Crippen LogP contribution in [0.4, 0.5) is 8.78 Å². The molecule has 0 unspecified atom stereocenters. The van der Waals surface area contributed by atoms with Crippen molar-refractivity contribution in [3.8, 4) is 45.4 Å². The van der Waals surface area contributed by atoms with Crippen LogP contribution in [0.15, 0.2) is 158 Å². The van der Waals surface area contributed by atoms with Crippen LogP contribution in [0.2, 0.25) is 0 Å². The van der Waals surface area contributed by atoms with E-state index in [1.54, 1.807) is 0 Å². The van der Waals surface area contributed by atoms with Crippen molar-refractivity contribution in [2.45, 2.75) is 6.54 Å². The van der Waals surface area contributed by atoms with E-state index in [1.807, 2.05) is 95.7 Å². The molecule has 6 aromatic carbocycles. The summed E-state index contributed by atoms with van der Waals surface area (Å²) in [5, 5.41) is 4.65. The summed E-state index contributed by atoms with van der Waals surface area (Å²) in [6.07, 6.45) is 1.87. The Kier molecular flexibility index (Phi) is 6.59. The Morgan fingerprint density at radius 3 is 1.73 bits per heavy atom. The van der Waals surface area contributed by atoms with Crippen LogP contribution in [-0.4, -0.2) is 8.07 Å². The van der Waals surface area contributed by atoms with E-state index in [0.717, 1.165) is 27.8 Å². The summed E-state index contributed by atoms with van der Waals surface area (Å²) >= 11 is 0. The number of aromatic nitrogens is 1. The zero-order valence-electron chi connectivity index (χ0n) is 25.7. The molecule has 0 bridgehead atoms. The van der Waals surface area contributed by atoms with Gasteiger partial charge in [0.1, 0.15) is 17.2 Å². The Hall–Kier alpha value is -5.85. The van der Waals surface area contributed by atoms with Crippen molar-refractivity contribution in [2.24, 2.45) is 0 Å². The minimum atomic E-state index is -2.97. The molecule has 0 N–H and O–H groups in total. The predicted molar refractivity (Wildman–Crippen MR) is 187 cm³/mol. The summed E-state index contributed by atoms with van der Waals surface area (Å²) < 4.78 is 46.3. The van der Waals surface area contributed by atoms with E-state index in [9.17, 15) is 0 Å². The van der Waals surface area contributed by atoms with Gasteiger partial charge in [-0.1, -0.05) is 91.0 Å². The molecule has 6 heteroatoms. The number of hydrogen-bond donors (Lipinski definition) is 0. The second-order valence-electron chi connectivity index (χ2n) is 12.2. The van der Waals surface area contributed by atoms with E-state index in [-0.39, 0.29) is 0 Å². The van der Waals surface area contributed by atoms with Crippen LogP contribution in [0.3, 0.4) is 0 Å². The second-order valence-corrected chi connectivity index (χ2v) is 15.9. The quantitative estimate of drug-likeness (QED) is 0.141. The molecule has 0 saturated heterocycles. The Bertz CT molecular complexity index is 2310. The topological polar surface area (TPSA) is 22.3 Å². The molecule has 0 radical (unpaired) electrons. The van der Waals surface area contributed by atoms with Crippen molar-refractivity contribution in [3.05, 3.63) is 175 Å². The summed E-state index contributed by atoms with van der Waals surface area (Å²) in [6.45, 7) is 0.412. The highest BCUT2D eigenvalue weighted by atomic mass is 28.3. The molecule has 2 aliphatic rings. The minimum Gasteiger partial charge on any atom is -0.457 e. The Balaban J connectivity index is 1.23. The molecule has 0 amide bonds. The zero-order chi connectivity index (χ0) is 32.2. The van der Waals surface area contributed by atoms with E-state index in [1.165, 1.54) is 21.6 Å². The molecular formula is C42H28F2NO2Si+. The fourth-order valence-electron chi connectivity index (χ4n) is 7.49. The third-order valence-electron chi connectivity index (χ3n) is 9.49. The number of para-hydroxylation sites is 1. The molecule has 0 atom stereocenters. The smallest absolute Gasteiger partial charge is 0.216 e. The molecule has 230 valence electrons. The number of benzene rings is 6. The third kappa shape index (κ3) is 4.33. The maximum atomic E-state index is 16.2. The molecule has 0 aliphatic carbocycles. The van der Waals surface area contributed by atoms with Gasteiger partial charge in [0.05, 0.1) is 5.56 Å². The minimum absolute atomic E-state index is 0.378. The molecular weight excluding hydrogens is 617 g/mol. The van der Waals surface area contributed by atoms with Crippen molar-refractivity contribution >= 4 is 28.8 Å². The molecule has 1 aromatic heterocycles. The molecule has 3 nitrogen and oxygen atoms in total. The van der Waals surface area contributed by atoms with Gasteiger partial charge in [-0.3, -0.25) is 0 Å². The first-order valence-corrected chi connectivity index (χ1v) is 17.9. The lowest BCUT2D eigenvalue weighted by Crippen LogP contribution is -2.72. The second kappa shape index (κ2) is 11.1. The lowest BCUT2D eigenvalue weighted by atomic mass is 10.0. The molecule has 9 rings (SSSR count). The zero-order valence-corrected chi connectivity index (χ0v) is 26.7. The number of halogens is 2. The van der Waals surface area contributed by atoms with E-state index < -0.39 is 25.5 Å². The fourth-order valence-corrected chi connectivity index (χ4v) is 12.7. The van der Waals surface area contributed by atoms with Crippen molar-refractivity contribution < 1.29 is 22.8 Å². The molecule has 7 aromatic rings. The van der Waals surface area contributed by atoms with Gasteiger partial charge >= 0.3 is 0 Å². The average Bonchev–Trinajstić information content (AvgIpc) is 3.64. The first kappa shape index (κ1) is 28.4. The van der Waals surface area contributed by atoms with Gasteiger partial charge < -0.3 is 9.47 Å². The maximum absolute atomic E-state index is 16.2. The van der Waals surface area contributed by atoms with Crippen molar-refractivity contribution in [3.63, 3.8) is 0 Å². The van der Waals surface area contributed by atoms with Crippen LogP contribution in [0.1, 0.15) is 5.56 Å². The number of hydrogen-bond acceptors (Lipinski definition) is 2. The Morgan fingerprint density at radius 2 is 1.10 bits per heavy atom. The summed E-state index contributed by atoms with van der Waals surface area (Å²) in [4.78, 5) is 0. The monoisotopic (exact) mass is 644 g/mol. The van der Waals surface area contributed by atoms with Crippen LogP contribution in [0.5, 0.6) is 23.0 Å². The molecule has 0 saturated carbocycles. The summed E-state index contributed by atoms with van der Waals surface area (Å²) in [7, 11) is -2.97. The van der Waals surface area contributed by atoms with Gasteiger partial charge in [0.25, 0.3) is 0 Å². The molecule has 2 aliphatic heterocycles. The molecule has 48 heavy (non-hydrogen) atoms. The number of rotatable bonds is 6. The highest BCUT2D eigenvalue weighted by Crippen LogP contribution is 2.40. The lowest BCUT2D eigenvalue weighted by molar-refractivity contribution is -0.672. The largest absolute Gasteiger partial charge is 0.457 e.